The highest BCUT2D eigenvalue weighted by Gasteiger charge is 2.22. The van der Waals surface area contributed by atoms with E-state index in [2.05, 4.69) is 5.32 Å². The minimum absolute atomic E-state index is 0.0483. The fourth-order valence-electron chi connectivity index (χ4n) is 2.68. The number of amides is 1. The summed E-state index contributed by atoms with van der Waals surface area (Å²) in [5.74, 6) is -1.21. The molecule has 0 aliphatic carbocycles. The average molecular weight is 377 g/mol. The summed E-state index contributed by atoms with van der Waals surface area (Å²) in [6, 6.07) is 15.6. The van der Waals surface area contributed by atoms with E-state index in [-0.39, 0.29) is 30.4 Å². The minimum atomic E-state index is -3.21. The Morgan fingerprint density at radius 3 is 2.27 bits per heavy atom. The SMILES string of the molecule is CC(C)S(=O)(=O)CCNC(=O)CC(c1ccccc1)c1ccccc1F. The summed E-state index contributed by atoms with van der Waals surface area (Å²) in [5, 5.41) is 2.17. The highest BCUT2D eigenvalue weighted by Crippen LogP contribution is 2.29. The summed E-state index contributed by atoms with van der Waals surface area (Å²) >= 11 is 0. The van der Waals surface area contributed by atoms with Gasteiger partial charge < -0.3 is 5.32 Å². The van der Waals surface area contributed by atoms with Gasteiger partial charge in [-0.3, -0.25) is 4.79 Å². The molecule has 0 bridgehead atoms. The standard InChI is InChI=1S/C20H24FNO3S/c1-15(2)26(24,25)13-12-22-20(23)14-18(16-8-4-3-5-9-16)17-10-6-7-11-19(17)21/h3-11,15,18H,12-14H2,1-2H3,(H,22,23). The molecule has 0 aliphatic rings. The van der Waals surface area contributed by atoms with Gasteiger partial charge in [0, 0.05) is 18.9 Å². The van der Waals surface area contributed by atoms with Crippen LogP contribution in [0, 0.1) is 5.82 Å². The lowest BCUT2D eigenvalue weighted by Crippen LogP contribution is -2.32. The van der Waals surface area contributed by atoms with Gasteiger partial charge in [0.15, 0.2) is 9.84 Å². The smallest absolute Gasteiger partial charge is 0.220 e. The number of carbonyl (C=O) groups excluding carboxylic acids is 1. The van der Waals surface area contributed by atoms with Gasteiger partial charge in [0.25, 0.3) is 0 Å². The Balaban J connectivity index is 2.10. The Bertz CT molecular complexity index is 835. The van der Waals surface area contributed by atoms with Crippen molar-refractivity contribution in [3.05, 3.63) is 71.5 Å². The molecule has 1 amide bonds. The Morgan fingerprint density at radius 2 is 1.65 bits per heavy atom. The van der Waals surface area contributed by atoms with Crippen LogP contribution in [0.5, 0.6) is 0 Å². The molecule has 0 saturated heterocycles. The molecule has 0 aromatic heterocycles. The van der Waals surface area contributed by atoms with Crippen LogP contribution in [0.25, 0.3) is 0 Å². The third kappa shape index (κ3) is 5.39. The molecule has 4 nitrogen and oxygen atoms in total. The van der Waals surface area contributed by atoms with Crippen LogP contribution in [0.15, 0.2) is 54.6 Å². The molecule has 26 heavy (non-hydrogen) atoms. The van der Waals surface area contributed by atoms with Crippen LogP contribution in [0.4, 0.5) is 4.39 Å². The molecule has 0 heterocycles. The van der Waals surface area contributed by atoms with Crippen LogP contribution < -0.4 is 5.32 Å². The van der Waals surface area contributed by atoms with E-state index in [0.29, 0.717) is 5.56 Å². The van der Waals surface area contributed by atoms with E-state index in [4.69, 9.17) is 0 Å². The summed E-state index contributed by atoms with van der Waals surface area (Å²) in [7, 11) is -3.21. The first kappa shape index (κ1) is 20.1. The number of nitrogens with one attached hydrogen (secondary N) is 1. The predicted octanol–water partition coefficient (Wildman–Crippen LogP) is 3.29. The van der Waals surface area contributed by atoms with Gasteiger partial charge in [-0.1, -0.05) is 48.5 Å². The minimum Gasteiger partial charge on any atom is -0.355 e. The number of hydrogen-bond acceptors (Lipinski definition) is 3. The molecule has 1 unspecified atom stereocenters. The molecule has 1 atom stereocenters. The number of benzene rings is 2. The Hall–Kier alpha value is -2.21. The van der Waals surface area contributed by atoms with E-state index in [0.717, 1.165) is 5.56 Å². The van der Waals surface area contributed by atoms with Gasteiger partial charge in [0.2, 0.25) is 5.91 Å². The molecule has 2 aromatic rings. The fraction of sp³-hybridized carbons (Fsp3) is 0.350. The van der Waals surface area contributed by atoms with Crippen LogP contribution in [-0.4, -0.2) is 31.9 Å². The highest BCUT2D eigenvalue weighted by molar-refractivity contribution is 7.92. The molecule has 0 saturated carbocycles. The van der Waals surface area contributed by atoms with Gasteiger partial charge in [-0.2, -0.15) is 0 Å². The van der Waals surface area contributed by atoms with Gasteiger partial charge >= 0.3 is 0 Å². The quantitative estimate of drug-likeness (QED) is 0.768. The van der Waals surface area contributed by atoms with Crippen molar-refractivity contribution in [3.63, 3.8) is 0 Å². The lowest BCUT2D eigenvalue weighted by atomic mass is 9.88. The monoisotopic (exact) mass is 377 g/mol. The van der Waals surface area contributed by atoms with E-state index in [1.807, 2.05) is 30.3 Å². The summed E-state index contributed by atoms with van der Waals surface area (Å²) in [4.78, 5) is 12.3. The first-order chi connectivity index (χ1) is 12.3. The lowest BCUT2D eigenvalue weighted by molar-refractivity contribution is -0.121. The molecule has 0 spiro atoms. The molecule has 0 aliphatic heterocycles. The molecule has 2 aromatic carbocycles. The van der Waals surface area contributed by atoms with E-state index < -0.39 is 21.0 Å². The van der Waals surface area contributed by atoms with Crippen molar-refractivity contribution in [1.29, 1.82) is 0 Å². The zero-order valence-corrected chi connectivity index (χ0v) is 15.8. The molecular weight excluding hydrogens is 353 g/mol. The zero-order valence-electron chi connectivity index (χ0n) is 15.0. The van der Waals surface area contributed by atoms with Gasteiger partial charge in [0.05, 0.1) is 11.0 Å². The normalized spacial score (nSPS) is 12.8. The van der Waals surface area contributed by atoms with Crippen molar-refractivity contribution in [2.75, 3.05) is 12.3 Å². The van der Waals surface area contributed by atoms with Crippen molar-refractivity contribution in [3.8, 4) is 0 Å². The van der Waals surface area contributed by atoms with E-state index in [9.17, 15) is 17.6 Å². The second-order valence-electron chi connectivity index (χ2n) is 6.45. The Labute approximate surface area is 154 Å². The lowest BCUT2D eigenvalue weighted by Gasteiger charge is -2.18. The number of rotatable bonds is 8. The topological polar surface area (TPSA) is 63.2 Å². The molecule has 2 rings (SSSR count). The molecule has 1 N–H and O–H groups in total. The van der Waals surface area contributed by atoms with Gasteiger partial charge in [0.1, 0.15) is 5.82 Å². The summed E-state index contributed by atoms with van der Waals surface area (Å²) in [6.45, 7) is 3.28. The maximum absolute atomic E-state index is 14.3. The van der Waals surface area contributed by atoms with E-state index in [1.54, 1.807) is 32.0 Å². The molecule has 0 radical (unpaired) electrons. The summed E-state index contributed by atoms with van der Waals surface area (Å²) in [5.41, 5.74) is 1.28. The van der Waals surface area contributed by atoms with Crippen molar-refractivity contribution in [2.24, 2.45) is 0 Å². The van der Waals surface area contributed by atoms with Crippen LogP contribution in [0.2, 0.25) is 0 Å². The Kier molecular flexibility index (Phi) is 6.91. The van der Waals surface area contributed by atoms with Crippen molar-refractivity contribution in [2.45, 2.75) is 31.4 Å². The maximum atomic E-state index is 14.3. The van der Waals surface area contributed by atoms with Crippen LogP contribution in [0.1, 0.15) is 37.3 Å². The number of sulfone groups is 1. The third-order valence-electron chi connectivity index (χ3n) is 4.30. The second-order valence-corrected chi connectivity index (χ2v) is 9.13. The predicted molar refractivity (Wildman–Crippen MR) is 101 cm³/mol. The van der Waals surface area contributed by atoms with E-state index in [1.165, 1.54) is 6.07 Å². The van der Waals surface area contributed by atoms with Crippen molar-refractivity contribution >= 4 is 15.7 Å². The van der Waals surface area contributed by atoms with Crippen LogP contribution >= 0.6 is 0 Å². The first-order valence-corrected chi connectivity index (χ1v) is 10.3. The third-order valence-corrected chi connectivity index (χ3v) is 6.51. The molecular formula is C20H24FNO3S. The molecule has 140 valence electrons. The number of hydrogen-bond donors (Lipinski definition) is 1. The number of carbonyl (C=O) groups is 1. The summed E-state index contributed by atoms with van der Waals surface area (Å²) < 4.78 is 37.9. The van der Waals surface area contributed by atoms with Gasteiger partial charge in [-0.15, -0.1) is 0 Å². The maximum Gasteiger partial charge on any atom is 0.220 e. The van der Waals surface area contributed by atoms with Crippen molar-refractivity contribution < 1.29 is 17.6 Å². The molecule has 0 fully saturated rings. The Morgan fingerprint density at radius 1 is 1.04 bits per heavy atom. The molecule has 6 heteroatoms. The highest BCUT2D eigenvalue weighted by atomic mass is 32.2. The zero-order chi connectivity index (χ0) is 19.2. The van der Waals surface area contributed by atoms with Crippen LogP contribution in [0.3, 0.4) is 0 Å². The van der Waals surface area contributed by atoms with Gasteiger partial charge in [-0.25, -0.2) is 12.8 Å². The summed E-state index contributed by atoms with van der Waals surface area (Å²) in [6.07, 6.45) is 0.0483. The first-order valence-electron chi connectivity index (χ1n) is 8.59. The number of halogens is 1. The second kappa shape index (κ2) is 8.94. The van der Waals surface area contributed by atoms with Gasteiger partial charge in [-0.05, 0) is 31.0 Å². The fourth-order valence-corrected chi connectivity index (χ4v) is 3.53. The largest absolute Gasteiger partial charge is 0.355 e. The average Bonchev–Trinajstić information content (AvgIpc) is 2.61. The van der Waals surface area contributed by atoms with Crippen LogP contribution in [-0.2, 0) is 14.6 Å². The van der Waals surface area contributed by atoms with E-state index >= 15 is 0 Å². The van der Waals surface area contributed by atoms with Crippen molar-refractivity contribution in [1.82, 2.24) is 5.32 Å².